The van der Waals surface area contributed by atoms with Crippen molar-refractivity contribution in [3.05, 3.63) is 53.6 Å². The van der Waals surface area contributed by atoms with Crippen molar-refractivity contribution in [1.82, 2.24) is 13.9 Å². The van der Waals surface area contributed by atoms with Gasteiger partial charge in [0.25, 0.3) is 0 Å². The fraction of sp³-hybridized carbons (Fsp3) is 0.480. The van der Waals surface area contributed by atoms with E-state index in [1.165, 1.54) is 11.1 Å². The van der Waals surface area contributed by atoms with Crippen molar-refractivity contribution < 1.29 is 13.2 Å². The maximum atomic E-state index is 13.1. The Morgan fingerprint density at radius 2 is 1.82 bits per heavy atom. The van der Waals surface area contributed by atoms with E-state index in [0.29, 0.717) is 18.0 Å². The van der Waals surface area contributed by atoms with Gasteiger partial charge in [-0.2, -0.15) is 4.31 Å². The standard InChI is InChI=1S/C25H31N3O3S2/c1-2-19-7-9-20(10-8-19)18-32-25-26-23-16-22(33(29,30)27-13-3-4-14-27)11-12-24(23)28(25)17-21-6-5-15-31-21/h7-12,16,21H,2-6,13-15,17-18H2,1H3/t21-/m1/s1. The molecule has 0 N–H and O–H groups in total. The molecule has 5 rings (SSSR count). The Morgan fingerprint density at radius 1 is 1.06 bits per heavy atom. The predicted octanol–water partition coefficient (Wildman–Crippen LogP) is 4.85. The van der Waals surface area contributed by atoms with Crippen LogP contribution in [0.3, 0.4) is 0 Å². The van der Waals surface area contributed by atoms with Gasteiger partial charge in [-0.25, -0.2) is 13.4 Å². The van der Waals surface area contributed by atoms with Crippen LogP contribution in [0.15, 0.2) is 52.5 Å². The fourth-order valence-corrected chi connectivity index (χ4v) is 7.14. The van der Waals surface area contributed by atoms with Gasteiger partial charge in [0.15, 0.2) is 5.16 Å². The third-order valence-corrected chi connectivity index (χ3v) is 9.54. The van der Waals surface area contributed by atoms with Crippen LogP contribution in [-0.2, 0) is 33.5 Å². The van der Waals surface area contributed by atoms with Crippen molar-refractivity contribution in [3.8, 4) is 0 Å². The summed E-state index contributed by atoms with van der Waals surface area (Å²) in [5.74, 6) is 0.817. The molecule has 0 aliphatic carbocycles. The molecule has 33 heavy (non-hydrogen) atoms. The van der Waals surface area contributed by atoms with Crippen LogP contribution in [0.1, 0.15) is 43.7 Å². The van der Waals surface area contributed by atoms with Crippen molar-refractivity contribution in [2.75, 3.05) is 19.7 Å². The Balaban J connectivity index is 1.46. The minimum atomic E-state index is -3.47. The Labute approximate surface area is 200 Å². The van der Waals surface area contributed by atoms with E-state index in [0.717, 1.165) is 67.2 Å². The van der Waals surface area contributed by atoms with Gasteiger partial charge in [-0.1, -0.05) is 43.0 Å². The molecule has 3 heterocycles. The van der Waals surface area contributed by atoms with Gasteiger partial charge in [-0.05, 0) is 61.4 Å². The van der Waals surface area contributed by atoms with Crippen LogP contribution < -0.4 is 0 Å². The van der Waals surface area contributed by atoms with Crippen LogP contribution in [0, 0.1) is 0 Å². The summed E-state index contributed by atoms with van der Waals surface area (Å²) >= 11 is 1.70. The summed E-state index contributed by atoms with van der Waals surface area (Å²) in [5.41, 5.74) is 4.29. The highest BCUT2D eigenvalue weighted by Crippen LogP contribution is 2.31. The smallest absolute Gasteiger partial charge is 0.243 e. The molecule has 0 unspecified atom stereocenters. The summed E-state index contributed by atoms with van der Waals surface area (Å²) < 4.78 is 35.9. The van der Waals surface area contributed by atoms with E-state index in [1.54, 1.807) is 28.2 Å². The largest absolute Gasteiger partial charge is 0.376 e. The number of hydrogen-bond acceptors (Lipinski definition) is 5. The lowest BCUT2D eigenvalue weighted by molar-refractivity contribution is 0.0960. The van der Waals surface area contributed by atoms with Gasteiger partial charge in [-0.15, -0.1) is 0 Å². The van der Waals surface area contributed by atoms with E-state index in [9.17, 15) is 8.42 Å². The minimum absolute atomic E-state index is 0.179. The molecule has 2 aliphatic rings. The van der Waals surface area contributed by atoms with E-state index >= 15 is 0 Å². The number of rotatable bonds is 8. The zero-order valence-electron chi connectivity index (χ0n) is 19.1. The average Bonchev–Trinajstić information content (AvgIpc) is 3.60. The second-order valence-corrected chi connectivity index (χ2v) is 11.7. The summed E-state index contributed by atoms with van der Waals surface area (Å²) in [5, 5.41) is 0.913. The summed E-state index contributed by atoms with van der Waals surface area (Å²) in [4.78, 5) is 5.23. The first-order valence-electron chi connectivity index (χ1n) is 11.9. The highest BCUT2D eigenvalue weighted by Gasteiger charge is 2.28. The number of thioether (sulfide) groups is 1. The van der Waals surface area contributed by atoms with E-state index < -0.39 is 10.0 Å². The van der Waals surface area contributed by atoms with Crippen LogP contribution in [0.2, 0.25) is 0 Å². The summed E-state index contributed by atoms with van der Waals surface area (Å²) in [7, 11) is -3.47. The van der Waals surface area contributed by atoms with Gasteiger partial charge in [0.1, 0.15) is 0 Å². The van der Waals surface area contributed by atoms with Gasteiger partial charge < -0.3 is 9.30 Å². The molecule has 2 saturated heterocycles. The normalized spacial score (nSPS) is 19.6. The SMILES string of the molecule is CCc1ccc(CSc2nc3cc(S(=O)(=O)N4CCCC4)ccc3n2C[C@H]2CCCO2)cc1. The molecule has 1 atom stereocenters. The third-order valence-electron chi connectivity index (χ3n) is 6.60. The third kappa shape index (κ3) is 4.85. The van der Waals surface area contributed by atoms with Gasteiger partial charge in [-0.3, -0.25) is 0 Å². The predicted molar refractivity (Wildman–Crippen MR) is 132 cm³/mol. The molecule has 2 aliphatic heterocycles. The quantitative estimate of drug-likeness (QED) is 0.427. The van der Waals surface area contributed by atoms with Crippen LogP contribution >= 0.6 is 11.8 Å². The number of ether oxygens (including phenoxy) is 1. The molecule has 0 bridgehead atoms. The molecule has 0 saturated carbocycles. The number of benzene rings is 2. The molecular formula is C25H31N3O3S2. The van der Waals surface area contributed by atoms with Gasteiger partial charge in [0.05, 0.1) is 28.6 Å². The highest BCUT2D eigenvalue weighted by molar-refractivity contribution is 7.98. The number of aryl methyl sites for hydroxylation is 1. The van der Waals surface area contributed by atoms with Crippen molar-refractivity contribution in [2.24, 2.45) is 0 Å². The van der Waals surface area contributed by atoms with Crippen LogP contribution in [0.25, 0.3) is 11.0 Å². The number of sulfonamides is 1. The first-order chi connectivity index (χ1) is 16.0. The molecule has 176 valence electrons. The average molecular weight is 486 g/mol. The Bertz CT molecular complexity index is 1210. The molecule has 8 heteroatoms. The van der Waals surface area contributed by atoms with E-state index in [2.05, 4.69) is 35.8 Å². The molecule has 2 fully saturated rings. The second kappa shape index (κ2) is 9.78. The highest BCUT2D eigenvalue weighted by atomic mass is 32.2. The molecule has 6 nitrogen and oxygen atoms in total. The first-order valence-corrected chi connectivity index (χ1v) is 14.3. The van der Waals surface area contributed by atoms with Crippen molar-refractivity contribution in [3.63, 3.8) is 0 Å². The van der Waals surface area contributed by atoms with Crippen LogP contribution in [0.5, 0.6) is 0 Å². The first kappa shape index (κ1) is 22.9. The number of nitrogens with zero attached hydrogens (tertiary/aromatic N) is 3. The number of aromatic nitrogens is 2. The lowest BCUT2D eigenvalue weighted by Gasteiger charge is -2.16. The summed E-state index contributed by atoms with van der Waals surface area (Å²) in [6, 6.07) is 14.1. The maximum absolute atomic E-state index is 13.1. The topological polar surface area (TPSA) is 64.4 Å². The monoisotopic (exact) mass is 485 g/mol. The molecular weight excluding hydrogens is 454 g/mol. The molecule has 0 radical (unpaired) electrons. The van der Waals surface area contributed by atoms with E-state index in [1.807, 2.05) is 6.07 Å². The molecule has 0 spiro atoms. The molecule has 1 aromatic heterocycles. The molecule has 0 amide bonds. The van der Waals surface area contributed by atoms with Gasteiger partial charge in [0, 0.05) is 25.4 Å². The van der Waals surface area contributed by atoms with Crippen LogP contribution in [0.4, 0.5) is 0 Å². The zero-order chi connectivity index (χ0) is 22.8. The van der Waals surface area contributed by atoms with E-state index in [4.69, 9.17) is 9.72 Å². The number of imidazole rings is 1. The fourth-order valence-electron chi connectivity index (χ4n) is 4.62. The minimum Gasteiger partial charge on any atom is -0.376 e. The lowest BCUT2D eigenvalue weighted by Crippen LogP contribution is -2.27. The summed E-state index contributed by atoms with van der Waals surface area (Å²) in [6.45, 7) is 4.92. The zero-order valence-corrected chi connectivity index (χ0v) is 20.7. The van der Waals surface area contributed by atoms with Crippen molar-refractivity contribution >= 4 is 32.8 Å². The Morgan fingerprint density at radius 3 is 2.52 bits per heavy atom. The lowest BCUT2D eigenvalue weighted by atomic mass is 10.1. The van der Waals surface area contributed by atoms with Crippen molar-refractivity contribution in [1.29, 1.82) is 0 Å². The maximum Gasteiger partial charge on any atom is 0.243 e. The van der Waals surface area contributed by atoms with Crippen molar-refractivity contribution in [2.45, 2.75) is 67.5 Å². The van der Waals surface area contributed by atoms with E-state index in [-0.39, 0.29) is 6.10 Å². The van der Waals surface area contributed by atoms with Gasteiger partial charge >= 0.3 is 0 Å². The molecule has 3 aromatic rings. The number of hydrogen-bond donors (Lipinski definition) is 0. The Hall–Kier alpha value is -1.87. The van der Waals surface area contributed by atoms with Crippen LogP contribution in [-0.4, -0.2) is 48.1 Å². The summed E-state index contributed by atoms with van der Waals surface area (Å²) in [6.07, 6.45) is 5.20. The number of fused-ring (bicyclic) bond motifs is 1. The Kier molecular flexibility index (Phi) is 6.79. The van der Waals surface area contributed by atoms with Gasteiger partial charge in [0.2, 0.25) is 10.0 Å². The molecule has 2 aromatic carbocycles. The second-order valence-electron chi connectivity index (χ2n) is 8.86.